The summed E-state index contributed by atoms with van der Waals surface area (Å²) < 4.78 is 16.7. The first-order valence-corrected chi connectivity index (χ1v) is 10.9. The van der Waals surface area contributed by atoms with Gasteiger partial charge in [0, 0.05) is 18.4 Å². The van der Waals surface area contributed by atoms with Gasteiger partial charge in [-0.1, -0.05) is 46.3 Å². The van der Waals surface area contributed by atoms with Gasteiger partial charge in [-0.25, -0.2) is 4.39 Å². The molecule has 4 unspecified atom stereocenters. The Labute approximate surface area is 170 Å². The SMILES string of the molecule is CC.CC1CCC2C3C[C@H](C)C4=CC(=O)C=C[C@]4(C)[C@@]3(F)C(O)C[C@]12C.CO. The van der Waals surface area contributed by atoms with Gasteiger partial charge >= 0.3 is 0 Å². The van der Waals surface area contributed by atoms with Gasteiger partial charge in [0.05, 0.1) is 6.10 Å². The van der Waals surface area contributed by atoms with E-state index in [0.717, 1.165) is 31.9 Å². The lowest BCUT2D eigenvalue weighted by molar-refractivity contribution is -0.199. The van der Waals surface area contributed by atoms with E-state index in [2.05, 4.69) is 20.8 Å². The minimum Gasteiger partial charge on any atom is -0.400 e. The fraction of sp³-hybridized carbons (Fsp3) is 0.792. The van der Waals surface area contributed by atoms with Crippen LogP contribution < -0.4 is 0 Å². The second-order valence-corrected chi connectivity index (χ2v) is 9.36. The lowest BCUT2D eigenvalue weighted by Crippen LogP contribution is -2.67. The van der Waals surface area contributed by atoms with Crippen molar-refractivity contribution >= 4 is 5.78 Å². The third kappa shape index (κ3) is 2.94. The summed E-state index contributed by atoms with van der Waals surface area (Å²) in [7, 11) is 1.00. The molecule has 160 valence electrons. The van der Waals surface area contributed by atoms with E-state index in [4.69, 9.17) is 5.11 Å². The summed E-state index contributed by atoms with van der Waals surface area (Å²) in [5.41, 5.74) is -1.62. The zero-order chi connectivity index (χ0) is 21.5. The average molecular weight is 395 g/mol. The van der Waals surface area contributed by atoms with Crippen LogP contribution in [0.5, 0.6) is 0 Å². The summed E-state index contributed by atoms with van der Waals surface area (Å²) in [6.45, 7) is 12.5. The number of carbonyl (C=O) groups is 1. The number of carbonyl (C=O) groups excluding carboxylic acids is 1. The van der Waals surface area contributed by atoms with Gasteiger partial charge in [0.1, 0.15) is 0 Å². The molecule has 3 nitrogen and oxygen atoms in total. The van der Waals surface area contributed by atoms with Gasteiger partial charge in [-0.05, 0) is 67.9 Å². The van der Waals surface area contributed by atoms with Crippen molar-refractivity contribution in [2.75, 3.05) is 7.11 Å². The molecule has 4 heteroatoms. The second-order valence-electron chi connectivity index (χ2n) is 9.36. The molecule has 2 N–H and O–H groups in total. The maximum Gasteiger partial charge on any atom is 0.178 e. The van der Waals surface area contributed by atoms with Crippen LogP contribution in [0.25, 0.3) is 0 Å². The highest BCUT2D eigenvalue weighted by Gasteiger charge is 2.70. The minimum atomic E-state index is -1.67. The first-order chi connectivity index (χ1) is 13.1. The molecule has 0 aromatic carbocycles. The van der Waals surface area contributed by atoms with Crippen molar-refractivity contribution in [2.24, 2.45) is 34.5 Å². The van der Waals surface area contributed by atoms with Gasteiger partial charge in [-0.3, -0.25) is 4.79 Å². The van der Waals surface area contributed by atoms with E-state index in [1.165, 1.54) is 6.08 Å². The van der Waals surface area contributed by atoms with Crippen LogP contribution in [0.2, 0.25) is 0 Å². The molecule has 3 fully saturated rings. The Morgan fingerprint density at radius 3 is 2.32 bits per heavy atom. The standard InChI is InChI=1S/C21H29FO2.C2H6.CH4O/c1-12-9-17-15-6-5-13(2)19(15,3)11-18(24)21(17,22)20(4)8-7-14(23)10-16(12)20;2*1-2/h7-8,10,12-13,15,17-18,24H,5-6,9,11H2,1-4H3;1-2H3;2H,1H3/t12-,13?,15?,17?,18?,19+,20-,21-;;/m0../s1. The molecule has 4 aliphatic carbocycles. The summed E-state index contributed by atoms with van der Waals surface area (Å²) >= 11 is 0. The molecule has 28 heavy (non-hydrogen) atoms. The predicted octanol–water partition coefficient (Wildman–Crippen LogP) is 4.87. The summed E-state index contributed by atoms with van der Waals surface area (Å²) in [5, 5.41) is 18.0. The number of halogens is 1. The highest BCUT2D eigenvalue weighted by atomic mass is 19.1. The van der Waals surface area contributed by atoms with E-state index in [-0.39, 0.29) is 23.0 Å². The van der Waals surface area contributed by atoms with Crippen molar-refractivity contribution in [3.63, 3.8) is 0 Å². The van der Waals surface area contributed by atoms with Crippen molar-refractivity contribution in [3.8, 4) is 0 Å². The van der Waals surface area contributed by atoms with Crippen molar-refractivity contribution in [2.45, 2.75) is 79.0 Å². The molecule has 0 saturated heterocycles. The predicted molar refractivity (Wildman–Crippen MR) is 112 cm³/mol. The Balaban J connectivity index is 0.000000660. The maximum atomic E-state index is 16.7. The molecule has 0 aromatic rings. The number of allylic oxidation sites excluding steroid dienone is 4. The van der Waals surface area contributed by atoms with Crippen LogP contribution in [0.15, 0.2) is 23.8 Å². The molecule has 0 aromatic heterocycles. The number of aliphatic hydroxyl groups excluding tert-OH is 2. The minimum absolute atomic E-state index is 0.0329. The lowest BCUT2D eigenvalue weighted by atomic mass is 9.44. The number of rotatable bonds is 0. The first kappa shape index (κ1) is 23.3. The highest BCUT2D eigenvalue weighted by Crippen LogP contribution is 2.69. The normalized spacial score (nSPS) is 48.7. The molecule has 0 aliphatic heterocycles. The van der Waals surface area contributed by atoms with Crippen LogP contribution in [0.3, 0.4) is 0 Å². The summed E-state index contributed by atoms with van der Waals surface area (Å²) in [6, 6.07) is 0. The molecular weight excluding hydrogens is 355 g/mol. The third-order valence-electron chi connectivity index (χ3n) is 8.44. The van der Waals surface area contributed by atoms with Crippen molar-refractivity contribution in [1.29, 1.82) is 0 Å². The maximum absolute atomic E-state index is 16.7. The van der Waals surface area contributed by atoms with Crippen molar-refractivity contribution in [1.82, 2.24) is 0 Å². The van der Waals surface area contributed by atoms with E-state index in [1.54, 1.807) is 12.2 Å². The van der Waals surface area contributed by atoms with E-state index >= 15 is 4.39 Å². The number of hydrogen-bond donors (Lipinski definition) is 2. The summed E-state index contributed by atoms with van der Waals surface area (Å²) in [6.07, 6.45) is 7.36. The van der Waals surface area contributed by atoms with Crippen LogP contribution in [0, 0.1) is 34.5 Å². The monoisotopic (exact) mass is 394 g/mol. The summed E-state index contributed by atoms with van der Waals surface area (Å²) in [5.74, 6) is 0.855. The molecular formula is C24H39FO3. The Bertz CT molecular complexity index is 656. The quantitative estimate of drug-likeness (QED) is 0.616. The molecule has 0 amide bonds. The molecule has 4 aliphatic rings. The van der Waals surface area contributed by atoms with Crippen molar-refractivity contribution in [3.05, 3.63) is 23.8 Å². The largest absolute Gasteiger partial charge is 0.400 e. The first-order valence-electron chi connectivity index (χ1n) is 10.9. The number of hydrogen-bond acceptors (Lipinski definition) is 3. The highest BCUT2D eigenvalue weighted by molar-refractivity contribution is 6.01. The average Bonchev–Trinajstić information content (AvgIpc) is 2.97. The Hall–Kier alpha value is -1.00. The van der Waals surface area contributed by atoms with Gasteiger partial charge in [-0.15, -0.1) is 0 Å². The van der Waals surface area contributed by atoms with Crippen LogP contribution >= 0.6 is 0 Å². The van der Waals surface area contributed by atoms with E-state index in [1.807, 2.05) is 20.8 Å². The molecule has 0 spiro atoms. The zero-order valence-corrected chi connectivity index (χ0v) is 18.6. The zero-order valence-electron chi connectivity index (χ0n) is 18.6. The smallest absolute Gasteiger partial charge is 0.178 e. The van der Waals surface area contributed by atoms with E-state index < -0.39 is 17.2 Å². The van der Waals surface area contributed by atoms with Gasteiger partial charge < -0.3 is 10.2 Å². The topological polar surface area (TPSA) is 57.5 Å². The van der Waals surface area contributed by atoms with Gasteiger partial charge in [-0.2, -0.15) is 0 Å². The molecule has 4 rings (SSSR count). The van der Waals surface area contributed by atoms with Gasteiger partial charge in [0.15, 0.2) is 11.5 Å². The molecule has 0 bridgehead atoms. The van der Waals surface area contributed by atoms with Crippen LogP contribution in [-0.2, 0) is 4.79 Å². The number of fused-ring (bicyclic) bond motifs is 5. The van der Waals surface area contributed by atoms with Crippen molar-refractivity contribution < 1.29 is 19.4 Å². The van der Waals surface area contributed by atoms with Crippen LogP contribution in [0.1, 0.15) is 67.2 Å². The van der Waals surface area contributed by atoms with E-state index in [0.29, 0.717) is 18.3 Å². The Morgan fingerprint density at radius 1 is 1.11 bits per heavy atom. The Morgan fingerprint density at radius 2 is 1.71 bits per heavy atom. The van der Waals surface area contributed by atoms with Gasteiger partial charge in [0.2, 0.25) is 0 Å². The number of ketones is 1. The molecule has 8 atom stereocenters. The number of alkyl halides is 1. The van der Waals surface area contributed by atoms with Gasteiger partial charge in [0.25, 0.3) is 0 Å². The fourth-order valence-corrected chi connectivity index (χ4v) is 6.85. The Kier molecular flexibility index (Phi) is 6.67. The third-order valence-corrected chi connectivity index (χ3v) is 8.44. The lowest BCUT2D eigenvalue weighted by Gasteiger charge is -2.63. The molecule has 0 heterocycles. The van der Waals surface area contributed by atoms with Crippen LogP contribution in [-0.4, -0.2) is 34.9 Å². The van der Waals surface area contributed by atoms with E-state index in [9.17, 15) is 9.90 Å². The number of aliphatic hydroxyl groups is 2. The fourth-order valence-electron chi connectivity index (χ4n) is 6.85. The molecule has 3 saturated carbocycles. The van der Waals surface area contributed by atoms with Crippen LogP contribution in [0.4, 0.5) is 4.39 Å². The second kappa shape index (κ2) is 8.02. The summed E-state index contributed by atoms with van der Waals surface area (Å²) in [4.78, 5) is 11.9. The molecule has 0 radical (unpaired) electrons.